The van der Waals surface area contributed by atoms with Gasteiger partial charge < -0.3 is 24.6 Å². The fourth-order valence-corrected chi connectivity index (χ4v) is 3.65. The van der Waals surface area contributed by atoms with E-state index in [1.54, 1.807) is 29.4 Å². The first-order valence-electron chi connectivity index (χ1n) is 12.1. The first-order valence-corrected chi connectivity index (χ1v) is 12.1. The molecule has 0 spiro atoms. The molecule has 0 radical (unpaired) electrons. The molecule has 0 unspecified atom stereocenters. The molecular formula is C26H37N5O4. The van der Waals surface area contributed by atoms with Gasteiger partial charge in [-0.2, -0.15) is 0 Å². The third-order valence-electron chi connectivity index (χ3n) is 5.67. The highest BCUT2D eigenvalue weighted by atomic mass is 16.6. The lowest BCUT2D eigenvalue weighted by atomic mass is 9.98. The Kier molecular flexibility index (Phi) is 9.03. The van der Waals surface area contributed by atoms with Crippen LogP contribution in [-0.4, -0.2) is 84.3 Å². The molecule has 9 nitrogen and oxygen atoms in total. The van der Waals surface area contributed by atoms with E-state index in [1.165, 1.54) is 0 Å². The van der Waals surface area contributed by atoms with E-state index in [-0.39, 0.29) is 12.0 Å². The van der Waals surface area contributed by atoms with Gasteiger partial charge in [-0.1, -0.05) is 12.1 Å². The number of aromatic nitrogens is 2. The van der Waals surface area contributed by atoms with Crippen molar-refractivity contribution in [2.75, 3.05) is 46.9 Å². The van der Waals surface area contributed by atoms with Crippen LogP contribution in [0.2, 0.25) is 0 Å². The highest BCUT2D eigenvalue weighted by Crippen LogP contribution is 2.22. The molecule has 2 amide bonds. The van der Waals surface area contributed by atoms with Crippen molar-refractivity contribution in [1.82, 2.24) is 25.1 Å². The second kappa shape index (κ2) is 12.0. The number of rotatable bonds is 8. The van der Waals surface area contributed by atoms with E-state index in [2.05, 4.69) is 15.3 Å². The number of likely N-dealkylation sites (tertiary alicyclic amines) is 1. The Morgan fingerprint density at radius 3 is 2.26 bits per heavy atom. The molecular weight excluding hydrogens is 446 g/mol. The number of ether oxygens (including phenoxy) is 2. The number of hydrogen-bond donors (Lipinski definition) is 1. The van der Waals surface area contributed by atoms with Gasteiger partial charge in [-0.3, -0.25) is 4.79 Å². The fraction of sp³-hybridized carbons (Fsp3) is 0.538. The molecule has 1 aliphatic heterocycles. The van der Waals surface area contributed by atoms with E-state index in [1.807, 2.05) is 51.9 Å². The number of amides is 2. The van der Waals surface area contributed by atoms with Crippen LogP contribution < -0.4 is 10.1 Å². The first kappa shape index (κ1) is 26.4. The summed E-state index contributed by atoms with van der Waals surface area (Å²) in [5.41, 5.74) is 1.91. The minimum atomic E-state index is -0.483. The number of carbonyl (C=O) groups is 2. The van der Waals surface area contributed by atoms with Crippen LogP contribution in [-0.2, 0) is 4.74 Å². The van der Waals surface area contributed by atoms with Gasteiger partial charge in [0, 0.05) is 49.7 Å². The van der Waals surface area contributed by atoms with Crippen LogP contribution in [0.15, 0.2) is 36.7 Å². The van der Waals surface area contributed by atoms with Gasteiger partial charge in [0.05, 0.1) is 6.61 Å². The number of nitrogens with zero attached hydrogens (tertiary/aromatic N) is 4. The van der Waals surface area contributed by atoms with Gasteiger partial charge in [0.25, 0.3) is 5.91 Å². The minimum Gasteiger partial charge on any atom is -0.463 e. The molecule has 0 bridgehead atoms. The second-order valence-electron chi connectivity index (χ2n) is 10.1. The lowest BCUT2D eigenvalue weighted by Gasteiger charge is -2.33. The highest BCUT2D eigenvalue weighted by molar-refractivity contribution is 5.94. The van der Waals surface area contributed by atoms with Crippen LogP contribution >= 0.6 is 0 Å². The third kappa shape index (κ3) is 8.51. The van der Waals surface area contributed by atoms with Gasteiger partial charge in [-0.25, -0.2) is 14.8 Å². The SMILES string of the molecule is CN(C)CCNC(=O)c1ccc(-c2cnc(OCC3CCN(C(=O)OC(C)(C)C)CC3)nc2)cc1. The number of piperidine rings is 1. The van der Waals surface area contributed by atoms with Crippen molar-refractivity contribution in [2.45, 2.75) is 39.2 Å². The molecule has 35 heavy (non-hydrogen) atoms. The Labute approximate surface area is 207 Å². The average molecular weight is 484 g/mol. The summed E-state index contributed by atoms with van der Waals surface area (Å²) < 4.78 is 11.2. The molecule has 1 aliphatic rings. The summed E-state index contributed by atoms with van der Waals surface area (Å²) in [6.45, 7) is 8.85. The lowest BCUT2D eigenvalue weighted by Crippen LogP contribution is -2.42. The molecule has 0 atom stereocenters. The van der Waals surface area contributed by atoms with E-state index in [0.29, 0.717) is 43.7 Å². The summed E-state index contributed by atoms with van der Waals surface area (Å²) in [5, 5.41) is 2.91. The second-order valence-corrected chi connectivity index (χ2v) is 10.1. The predicted octanol–water partition coefficient (Wildman–Crippen LogP) is 3.46. The zero-order chi connectivity index (χ0) is 25.4. The summed E-state index contributed by atoms with van der Waals surface area (Å²) in [4.78, 5) is 36.9. The van der Waals surface area contributed by atoms with Gasteiger partial charge in [-0.05, 0) is 71.3 Å². The van der Waals surface area contributed by atoms with Crippen molar-refractivity contribution in [3.8, 4) is 17.1 Å². The standard InChI is InChI=1S/C26H37N5O4/c1-26(2,3)35-25(33)31-13-10-19(11-14-31)18-34-24-28-16-22(17-29-24)20-6-8-21(9-7-20)23(32)27-12-15-30(4)5/h6-9,16-17,19H,10-15,18H2,1-5H3,(H,27,32). The van der Waals surface area contributed by atoms with Gasteiger partial charge in [0.1, 0.15) is 5.60 Å². The van der Waals surface area contributed by atoms with Gasteiger partial charge >= 0.3 is 12.1 Å². The molecule has 1 aromatic carbocycles. The fourth-order valence-electron chi connectivity index (χ4n) is 3.65. The first-order chi connectivity index (χ1) is 16.6. The molecule has 9 heteroatoms. The largest absolute Gasteiger partial charge is 0.463 e. The van der Waals surface area contributed by atoms with E-state index in [4.69, 9.17) is 9.47 Å². The van der Waals surface area contributed by atoms with Crippen LogP contribution in [0.1, 0.15) is 44.0 Å². The summed E-state index contributed by atoms with van der Waals surface area (Å²) in [7, 11) is 3.94. The number of likely N-dealkylation sites (N-methyl/N-ethyl adjacent to an activating group) is 1. The van der Waals surface area contributed by atoms with Crippen molar-refractivity contribution in [1.29, 1.82) is 0 Å². The molecule has 3 rings (SSSR count). The van der Waals surface area contributed by atoms with Crippen molar-refractivity contribution in [3.05, 3.63) is 42.2 Å². The Balaban J connectivity index is 1.44. The number of carbonyl (C=O) groups excluding carboxylic acids is 2. The Hall–Kier alpha value is -3.20. The summed E-state index contributed by atoms with van der Waals surface area (Å²) >= 11 is 0. The Morgan fingerprint density at radius 1 is 1.06 bits per heavy atom. The molecule has 0 saturated carbocycles. The van der Waals surface area contributed by atoms with Crippen LogP contribution in [0.4, 0.5) is 4.79 Å². The van der Waals surface area contributed by atoms with Crippen LogP contribution in [0.3, 0.4) is 0 Å². The van der Waals surface area contributed by atoms with Crippen molar-refractivity contribution >= 4 is 12.0 Å². The lowest BCUT2D eigenvalue weighted by molar-refractivity contribution is 0.0163. The monoisotopic (exact) mass is 483 g/mol. The van der Waals surface area contributed by atoms with Gasteiger partial charge in [0.15, 0.2) is 0 Å². The maximum Gasteiger partial charge on any atom is 0.410 e. The van der Waals surface area contributed by atoms with Crippen molar-refractivity contribution < 1.29 is 19.1 Å². The van der Waals surface area contributed by atoms with Gasteiger partial charge in [0.2, 0.25) is 0 Å². The summed E-state index contributed by atoms with van der Waals surface area (Å²) in [6, 6.07) is 7.71. The maximum atomic E-state index is 12.2. The molecule has 2 heterocycles. The topological polar surface area (TPSA) is 96.9 Å². The van der Waals surface area contributed by atoms with E-state index in [9.17, 15) is 9.59 Å². The zero-order valence-corrected chi connectivity index (χ0v) is 21.4. The molecule has 1 fully saturated rings. The molecule has 190 valence electrons. The number of benzene rings is 1. The van der Waals surface area contributed by atoms with Gasteiger partial charge in [-0.15, -0.1) is 0 Å². The maximum absolute atomic E-state index is 12.2. The average Bonchev–Trinajstić information content (AvgIpc) is 2.82. The molecule has 1 aromatic heterocycles. The summed E-state index contributed by atoms with van der Waals surface area (Å²) in [6.07, 6.45) is 4.90. The molecule has 2 aromatic rings. The zero-order valence-electron chi connectivity index (χ0n) is 21.4. The Bertz CT molecular complexity index is 963. The molecule has 0 aliphatic carbocycles. The number of hydrogen-bond acceptors (Lipinski definition) is 7. The predicted molar refractivity (Wildman–Crippen MR) is 134 cm³/mol. The van der Waals surface area contributed by atoms with Crippen LogP contribution in [0.5, 0.6) is 6.01 Å². The van der Waals surface area contributed by atoms with Crippen molar-refractivity contribution in [3.63, 3.8) is 0 Å². The van der Waals surface area contributed by atoms with E-state index in [0.717, 1.165) is 30.5 Å². The van der Waals surface area contributed by atoms with Crippen LogP contribution in [0.25, 0.3) is 11.1 Å². The number of nitrogens with one attached hydrogen (secondary N) is 1. The molecule has 1 saturated heterocycles. The smallest absolute Gasteiger partial charge is 0.410 e. The normalized spacial score (nSPS) is 14.6. The highest BCUT2D eigenvalue weighted by Gasteiger charge is 2.27. The van der Waals surface area contributed by atoms with Crippen molar-refractivity contribution in [2.24, 2.45) is 5.92 Å². The third-order valence-corrected chi connectivity index (χ3v) is 5.67. The summed E-state index contributed by atoms with van der Waals surface area (Å²) in [5.74, 6) is 0.253. The quantitative estimate of drug-likeness (QED) is 0.614. The Morgan fingerprint density at radius 2 is 1.69 bits per heavy atom. The van der Waals surface area contributed by atoms with Crippen LogP contribution in [0, 0.1) is 5.92 Å². The van der Waals surface area contributed by atoms with E-state index >= 15 is 0 Å². The van der Waals surface area contributed by atoms with E-state index < -0.39 is 5.60 Å². The molecule has 1 N–H and O–H groups in total. The minimum absolute atomic E-state index is 0.0877.